The van der Waals surface area contributed by atoms with Gasteiger partial charge < -0.3 is 15.4 Å². The fourth-order valence-electron chi connectivity index (χ4n) is 2.86. The molecule has 1 aliphatic heterocycles. The summed E-state index contributed by atoms with van der Waals surface area (Å²) in [6.07, 6.45) is 0.836. The second kappa shape index (κ2) is 8.71. The van der Waals surface area contributed by atoms with Crippen molar-refractivity contribution in [2.24, 2.45) is 0 Å². The standard InChI is InChI=1S/C19H25FN4O3/c1-19(2,3)27-18(26)24-11-5-8-16(24)17(25)23-10-9-22-15-7-4-6-14(20)13(15)12-21/h4,6-7,16,22H,5,8-11H2,1-3H3,(H,23,25). The maximum absolute atomic E-state index is 13.5. The zero-order chi connectivity index (χ0) is 20.0. The first kappa shape index (κ1) is 20.5. The lowest BCUT2D eigenvalue weighted by Gasteiger charge is -2.28. The van der Waals surface area contributed by atoms with E-state index < -0.39 is 23.6 Å². The van der Waals surface area contributed by atoms with Crippen molar-refractivity contribution >= 4 is 17.7 Å². The van der Waals surface area contributed by atoms with Crippen molar-refractivity contribution in [1.29, 1.82) is 5.26 Å². The Kier molecular flexibility index (Phi) is 6.61. The number of rotatable bonds is 5. The average molecular weight is 376 g/mol. The third kappa shape index (κ3) is 5.58. The molecule has 1 aromatic carbocycles. The van der Waals surface area contributed by atoms with Gasteiger partial charge in [-0.1, -0.05) is 6.07 Å². The lowest BCUT2D eigenvalue weighted by molar-refractivity contribution is -0.125. The minimum absolute atomic E-state index is 0.0595. The van der Waals surface area contributed by atoms with Crippen LogP contribution >= 0.6 is 0 Å². The van der Waals surface area contributed by atoms with Crippen molar-refractivity contribution in [3.8, 4) is 6.07 Å². The van der Waals surface area contributed by atoms with Crippen LogP contribution in [-0.4, -0.2) is 48.2 Å². The van der Waals surface area contributed by atoms with E-state index in [4.69, 9.17) is 10.00 Å². The molecule has 1 unspecified atom stereocenters. The zero-order valence-corrected chi connectivity index (χ0v) is 15.8. The normalized spacial score (nSPS) is 16.6. The van der Waals surface area contributed by atoms with Gasteiger partial charge in [0.15, 0.2) is 0 Å². The number of carbonyl (C=O) groups excluding carboxylic acids is 2. The zero-order valence-electron chi connectivity index (χ0n) is 15.8. The second-order valence-electron chi connectivity index (χ2n) is 7.32. The molecule has 1 atom stereocenters. The molecule has 1 aliphatic rings. The van der Waals surface area contributed by atoms with E-state index in [0.29, 0.717) is 25.2 Å². The number of nitriles is 1. The molecule has 0 aliphatic carbocycles. The lowest BCUT2D eigenvalue weighted by atomic mass is 10.2. The van der Waals surface area contributed by atoms with Gasteiger partial charge in [0.25, 0.3) is 0 Å². The Balaban J connectivity index is 1.84. The number of ether oxygens (including phenoxy) is 1. The Morgan fingerprint density at radius 2 is 2.11 bits per heavy atom. The fraction of sp³-hybridized carbons (Fsp3) is 0.526. The van der Waals surface area contributed by atoms with Crippen LogP contribution < -0.4 is 10.6 Å². The maximum atomic E-state index is 13.5. The molecule has 0 saturated carbocycles. The van der Waals surface area contributed by atoms with Crippen LogP contribution in [-0.2, 0) is 9.53 Å². The lowest BCUT2D eigenvalue weighted by Crippen LogP contribution is -2.48. The summed E-state index contributed by atoms with van der Waals surface area (Å²) in [5, 5.41) is 14.7. The fourth-order valence-corrected chi connectivity index (χ4v) is 2.86. The molecule has 8 heteroatoms. The van der Waals surface area contributed by atoms with Gasteiger partial charge in [-0.15, -0.1) is 0 Å². The summed E-state index contributed by atoms with van der Waals surface area (Å²) in [5.41, 5.74) is -0.299. The molecule has 146 valence electrons. The third-order valence-electron chi connectivity index (χ3n) is 4.05. The third-order valence-corrected chi connectivity index (χ3v) is 4.05. The molecule has 1 fully saturated rings. The molecule has 2 N–H and O–H groups in total. The minimum atomic E-state index is -0.617. The van der Waals surface area contributed by atoms with Crippen LogP contribution in [0.1, 0.15) is 39.2 Å². The highest BCUT2D eigenvalue weighted by molar-refractivity contribution is 5.86. The van der Waals surface area contributed by atoms with Gasteiger partial charge in [0.2, 0.25) is 5.91 Å². The van der Waals surface area contributed by atoms with Crippen molar-refractivity contribution in [3.05, 3.63) is 29.6 Å². The predicted octanol–water partition coefficient (Wildman–Crippen LogP) is 2.62. The van der Waals surface area contributed by atoms with E-state index in [9.17, 15) is 14.0 Å². The van der Waals surface area contributed by atoms with Gasteiger partial charge in [-0.05, 0) is 45.7 Å². The summed E-state index contributed by atoms with van der Waals surface area (Å²) >= 11 is 0. The number of likely N-dealkylation sites (tertiary alicyclic amines) is 1. The molecule has 1 saturated heterocycles. The van der Waals surface area contributed by atoms with E-state index in [1.807, 2.05) is 6.07 Å². The Labute approximate surface area is 158 Å². The second-order valence-corrected chi connectivity index (χ2v) is 7.32. The summed E-state index contributed by atoms with van der Waals surface area (Å²) < 4.78 is 18.9. The number of amides is 2. The van der Waals surface area contributed by atoms with Gasteiger partial charge in [-0.2, -0.15) is 5.26 Å². The topological polar surface area (TPSA) is 94.5 Å². The molecule has 1 heterocycles. The summed E-state index contributed by atoms with van der Waals surface area (Å²) in [6.45, 7) is 6.43. The summed E-state index contributed by atoms with van der Waals surface area (Å²) in [4.78, 5) is 26.1. The highest BCUT2D eigenvalue weighted by Crippen LogP contribution is 2.21. The Hall–Kier alpha value is -2.82. The number of nitrogens with zero attached hydrogens (tertiary/aromatic N) is 2. The SMILES string of the molecule is CC(C)(C)OC(=O)N1CCCC1C(=O)NCCNc1cccc(F)c1C#N. The van der Waals surface area contributed by atoms with Crippen molar-refractivity contribution in [1.82, 2.24) is 10.2 Å². The van der Waals surface area contributed by atoms with Gasteiger partial charge in [0.1, 0.15) is 29.1 Å². The van der Waals surface area contributed by atoms with E-state index in [2.05, 4.69) is 10.6 Å². The van der Waals surface area contributed by atoms with Crippen molar-refractivity contribution in [2.45, 2.75) is 45.3 Å². The number of benzene rings is 1. The minimum Gasteiger partial charge on any atom is -0.444 e. The molecule has 27 heavy (non-hydrogen) atoms. The number of halogens is 1. The molecule has 2 rings (SSSR count). The first-order chi connectivity index (χ1) is 12.7. The van der Waals surface area contributed by atoms with E-state index >= 15 is 0 Å². The summed E-state index contributed by atoms with van der Waals surface area (Å²) in [6, 6.07) is 5.59. The number of hydrogen-bond acceptors (Lipinski definition) is 5. The van der Waals surface area contributed by atoms with Crippen molar-refractivity contribution in [2.75, 3.05) is 25.0 Å². The van der Waals surface area contributed by atoms with Gasteiger partial charge in [0.05, 0.1) is 5.69 Å². The molecular formula is C19H25FN4O3. The highest BCUT2D eigenvalue weighted by Gasteiger charge is 2.36. The first-order valence-corrected chi connectivity index (χ1v) is 8.93. The van der Waals surface area contributed by atoms with Gasteiger partial charge in [-0.25, -0.2) is 9.18 Å². The molecule has 0 radical (unpaired) electrons. The molecule has 0 bridgehead atoms. The number of hydrogen-bond donors (Lipinski definition) is 2. The van der Waals surface area contributed by atoms with E-state index in [1.165, 1.54) is 17.0 Å². The van der Waals surface area contributed by atoms with E-state index in [0.717, 1.165) is 6.42 Å². The highest BCUT2D eigenvalue weighted by atomic mass is 19.1. The summed E-state index contributed by atoms with van der Waals surface area (Å²) in [7, 11) is 0. The maximum Gasteiger partial charge on any atom is 0.410 e. The van der Waals surface area contributed by atoms with Crippen LogP contribution in [0.2, 0.25) is 0 Å². The Bertz CT molecular complexity index is 739. The molecule has 0 spiro atoms. The van der Waals surface area contributed by atoms with Crippen molar-refractivity contribution < 1.29 is 18.7 Å². The summed E-state index contributed by atoms with van der Waals surface area (Å²) in [5.74, 6) is -0.842. The van der Waals surface area contributed by atoms with Gasteiger partial charge in [0, 0.05) is 19.6 Å². The van der Waals surface area contributed by atoms with Crippen LogP contribution in [0.15, 0.2) is 18.2 Å². The Morgan fingerprint density at radius 3 is 2.78 bits per heavy atom. The molecule has 0 aromatic heterocycles. The van der Waals surface area contributed by atoms with Crippen LogP contribution in [0.4, 0.5) is 14.9 Å². The molecule has 1 aromatic rings. The first-order valence-electron chi connectivity index (χ1n) is 8.93. The number of carbonyl (C=O) groups is 2. The number of nitrogens with one attached hydrogen (secondary N) is 2. The smallest absolute Gasteiger partial charge is 0.410 e. The van der Waals surface area contributed by atoms with Crippen LogP contribution in [0.5, 0.6) is 0 Å². The Morgan fingerprint density at radius 1 is 1.37 bits per heavy atom. The van der Waals surface area contributed by atoms with Crippen molar-refractivity contribution in [3.63, 3.8) is 0 Å². The van der Waals surface area contributed by atoms with Crippen LogP contribution in [0, 0.1) is 17.1 Å². The largest absolute Gasteiger partial charge is 0.444 e. The van der Waals surface area contributed by atoms with Crippen LogP contribution in [0.3, 0.4) is 0 Å². The van der Waals surface area contributed by atoms with Crippen LogP contribution in [0.25, 0.3) is 0 Å². The number of anilines is 1. The predicted molar refractivity (Wildman–Crippen MR) is 98.6 cm³/mol. The van der Waals surface area contributed by atoms with Gasteiger partial charge >= 0.3 is 6.09 Å². The monoisotopic (exact) mass is 376 g/mol. The van der Waals surface area contributed by atoms with E-state index in [-0.39, 0.29) is 18.0 Å². The molecule has 2 amide bonds. The quantitative estimate of drug-likeness (QED) is 0.771. The average Bonchev–Trinajstić information content (AvgIpc) is 3.07. The molecular weight excluding hydrogens is 351 g/mol. The van der Waals surface area contributed by atoms with Gasteiger partial charge in [-0.3, -0.25) is 9.69 Å². The van der Waals surface area contributed by atoms with E-state index in [1.54, 1.807) is 26.8 Å². The molecule has 7 nitrogen and oxygen atoms in total.